The molecule has 0 aliphatic carbocycles. The van der Waals surface area contributed by atoms with Gasteiger partial charge in [0.2, 0.25) is 23.6 Å². The Balaban J connectivity index is 3.13. The molecule has 8 N–H and O–H groups in total. The van der Waals surface area contributed by atoms with Gasteiger partial charge in [-0.05, 0) is 29.9 Å². The van der Waals surface area contributed by atoms with E-state index in [1.54, 1.807) is 31.2 Å². The summed E-state index contributed by atoms with van der Waals surface area (Å²) in [5.41, 5.74) is 11.6. The molecule has 0 heterocycles. The highest BCUT2D eigenvalue weighted by Crippen LogP contribution is 2.11. The van der Waals surface area contributed by atoms with Crippen LogP contribution in [0, 0.1) is 5.92 Å². The van der Waals surface area contributed by atoms with E-state index in [1.165, 1.54) is 11.8 Å². The predicted molar refractivity (Wildman–Crippen MR) is 138 cm³/mol. The molecule has 0 radical (unpaired) electrons. The summed E-state index contributed by atoms with van der Waals surface area (Å²) in [5.74, 6) is -3.73. The maximum absolute atomic E-state index is 13.3. The third-order valence-corrected chi connectivity index (χ3v) is 6.34. The zero-order valence-corrected chi connectivity index (χ0v) is 21.7. The van der Waals surface area contributed by atoms with Crippen molar-refractivity contribution < 1.29 is 29.1 Å². The molecule has 4 amide bonds. The SMILES string of the molecule is CCC(C)C(NC(=O)C(N)CC(N)=O)C(=O)NC(Cc1ccccc1)C(=O)NC(CCSC)C(=O)O. The van der Waals surface area contributed by atoms with Gasteiger partial charge >= 0.3 is 5.97 Å². The van der Waals surface area contributed by atoms with E-state index in [-0.39, 0.29) is 25.2 Å². The second-order valence-corrected chi connectivity index (χ2v) is 9.57. The molecule has 200 valence electrons. The highest BCUT2D eigenvalue weighted by atomic mass is 32.2. The molecule has 36 heavy (non-hydrogen) atoms. The normalized spacial score (nSPS) is 15.0. The van der Waals surface area contributed by atoms with Crippen molar-refractivity contribution in [3.8, 4) is 0 Å². The number of hydrogen-bond acceptors (Lipinski definition) is 7. The quantitative estimate of drug-likeness (QED) is 0.171. The Morgan fingerprint density at radius 3 is 2.11 bits per heavy atom. The molecule has 0 aliphatic rings. The topological polar surface area (TPSA) is 194 Å². The van der Waals surface area contributed by atoms with Gasteiger partial charge in [0.15, 0.2) is 0 Å². The number of primary amides is 1. The molecule has 1 aromatic rings. The number of thioether (sulfide) groups is 1. The molecule has 12 heteroatoms. The third kappa shape index (κ3) is 10.6. The second-order valence-electron chi connectivity index (χ2n) is 8.58. The van der Waals surface area contributed by atoms with Crippen molar-refractivity contribution in [1.82, 2.24) is 16.0 Å². The molecular formula is C24H37N5O6S. The fourth-order valence-electron chi connectivity index (χ4n) is 3.36. The van der Waals surface area contributed by atoms with Crippen LogP contribution in [-0.4, -0.2) is 70.9 Å². The van der Waals surface area contributed by atoms with Crippen LogP contribution in [0.15, 0.2) is 30.3 Å². The van der Waals surface area contributed by atoms with Crippen LogP contribution in [0.1, 0.15) is 38.7 Å². The monoisotopic (exact) mass is 523 g/mol. The highest BCUT2D eigenvalue weighted by Gasteiger charge is 2.32. The number of nitrogens with two attached hydrogens (primary N) is 2. The Bertz CT molecular complexity index is 900. The van der Waals surface area contributed by atoms with Crippen molar-refractivity contribution in [2.24, 2.45) is 17.4 Å². The van der Waals surface area contributed by atoms with E-state index in [0.717, 1.165) is 5.56 Å². The van der Waals surface area contributed by atoms with Gasteiger partial charge in [0.1, 0.15) is 18.1 Å². The van der Waals surface area contributed by atoms with Crippen LogP contribution in [-0.2, 0) is 30.4 Å². The lowest BCUT2D eigenvalue weighted by molar-refractivity contribution is -0.142. The van der Waals surface area contributed by atoms with Crippen LogP contribution in [0.5, 0.6) is 0 Å². The van der Waals surface area contributed by atoms with Gasteiger partial charge in [-0.1, -0.05) is 50.6 Å². The van der Waals surface area contributed by atoms with Crippen LogP contribution in [0.4, 0.5) is 0 Å². The van der Waals surface area contributed by atoms with Gasteiger partial charge in [-0.15, -0.1) is 0 Å². The van der Waals surface area contributed by atoms with Crippen molar-refractivity contribution in [3.63, 3.8) is 0 Å². The van der Waals surface area contributed by atoms with Gasteiger partial charge in [0.25, 0.3) is 0 Å². The Morgan fingerprint density at radius 1 is 0.972 bits per heavy atom. The summed E-state index contributed by atoms with van der Waals surface area (Å²) in [6.07, 6.45) is 2.30. The van der Waals surface area contributed by atoms with E-state index in [2.05, 4.69) is 16.0 Å². The fraction of sp³-hybridized carbons (Fsp3) is 0.542. The highest BCUT2D eigenvalue weighted by molar-refractivity contribution is 7.98. The van der Waals surface area contributed by atoms with Crippen molar-refractivity contribution in [3.05, 3.63) is 35.9 Å². The van der Waals surface area contributed by atoms with Crippen molar-refractivity contribution in [2.45, 2.75) is 63.7 Å². The number of benzene rings is 1. The van der Waals surface area contributed by atoms with Gasteiger partial charge < -0.3 is 32.5 Å². The average Bonchev–Trinajstić information content (AvgIpc) is 2.83. The van der Waals surface area contributed by atoms with Crippen LogP contribution in [0.25, 0.3) is 0 Å². The molecular weight excluding hydrogens is 486 g/mol. The largest absolute Gasteiger partial charge is 0.480 e. The van der Waals surface area contributed by atoms with E-state index in [1.807, 2.05) is 19.2 Å². The van der Waals surface area contributed by atoms with E-state index < -0.39 is 53.8 Å². The zero-order valence-electron chi connectivity index (χ0n) is 20.9. The summed E-state index contributed by atoms with van der Waals surface area (Å²) < 4.78 is 0. The average molecular weight is 524 g/mol. The first-order valence-corrected chi connectivity index (χ1v) is 13.1. The number of hydrogen-bond donors (Lipinski definition) is 6. The summed E-state index contributed by atoms with van der Waals surface area (Å²) in [5, 5.41) is 17.2. The Labute approximate surface area is 215 Å². The van der Waals surface area contributed by atoms with Crippen molar-refractivity contribution in [1.29, 1.82) is 0 Å². The van der Waals surface area contributed by atoms with Crippen LogP contribution < -0.4 is 27.4 Å². The minimum Gasteiger partial charge on any atom is -0.480 e. The number of carbonyl (C=O) groups is 5. The summed E-state index contributed by atoms with van der Waals surface area (Å²) in [4.78, 5) is 61.6. The predicted octanol–water partition coefficient (Wildman–Crippen LogP) is -0.230. The summed E-state index contributed by atoms with van der Waals surface area (Å²) in [6, 6.07) is 4.47. The Kier molecular flexibility index (Phi) is 13.6. The molecule has 0 fully saturated rings. The molecule has 11 nitrogen and oxygen atoms in total. The fourth-order valence-corrected chi connectivity index (χ4v) is 3.83. The number of nitrogens with one attached hydrogen (secondary N) is 3. The summed E-state index contributed by atoms with van der Waals surface area (Å²) in [7, 11) is 0. The number of carbonyl (C=O) groups excluding carboxylic acids is 4. The maximum Gasteiger partial charge on any atom is 0.326 e. The van der Waals surface area contributed by atoms with Crippen molar-refractivity contribution in [2.75, 3.05) is 12.0 Å². The lowest BCUT2D eigenvalue weighted by atomic mass is 9.96. The Hall–Kier alpha value is -3.12. The molecule has 0 spiro atoms. The lowest BCUT2D eigenvalue weighted by Gasteiger charge is -2.28. The van der Waals surface area contributed by atoms with Gasteiger partial charge in [0, 0.05) is 6.42 Å². The molecule has 5 unspecified atom stereocenters. The number of aliphatic carboxylic acids is 1. The first-order valence-electron chi connectivity index (χ1n) is 11.7. The number of carboxylic acid groups (broad SMARTS) is 1. The Morgan fingerprint density at radius 2 is 1.58 bits per heavy atom. The molecule has 1 rings (SSSR count). The molecule has 0 bridgehead atoms. The first kappa shape index (κ1) is 30.9. The molecule has 0 aliphatic heterocycles. The number of carboxylic acids is 1. The van der Waals surface area contributed by atoms with E-state index >= 15 is 0 Å². The van der Waals surface area contributed by atoms with Crippen LogP contribution >= 0.6 is 11.8 Å². The van der Waals surface area contributed by atoms with E-state index in [0.29, 0.717) is 12.2 Å². The van der Waals surface area contributed by atoms with Crippen molar-refractivity contribution >= 4 is 41.4 Å². The lowest BCUT2D eigenvalue weighted by Crippen LogP contribution is -2.59. The van der Waals surface area contributed by atoms with E-state index in [9.17, 15) is 29.1 Å². The number of rotatable bonds is 16. The maximum atomic E-state index is 13.3. The van der Waals surface area contributed by atoms with Gasteiger partial charge in [-0.25, -0.2) is 4.79 Å². The molecule has 0 saturated carbocycles. The summed E-state index contributed by atoms with van der Waals surface area (Å²) >= 11 is 1.45. The smallest absolute Gasteiger partial charge is 0.326 e. The standard InChI is InChI=1S/C24H37N5O6S/c1-4-14(2)20(29-21(31)16(25)13-19(26)30)23(33)28-18(12-15-8-6-5-7-9-15)22(32)27-17(24(34)35)10-11-36-3/h5-9,14,16-18,20H,4,10-13,25H2,1-3H3,(H2,26,30)(H,27,32)(H,28,33)(H,29,31)(H,34,35). The zero-order chi connectivity index (χ0) is 27.3. The van der Waals surface area contributed by atoms with E-state index in [4.69, 9.17) is 11.5 Å². The molecule has 5 atom stereocenters. The van der Waals surface area contributed by atoms with Gasteiger partial charge in [0.05, 0.1) is 12.5 Å². The van der Waals surface area contributed by atoms with Crippen LogP contribution in [0.2, 0.25) is 0 Å². The van der Waals surface area contributed by atoms with Gasteiger partial charge in [-0.3, -0.25) is 19.2 Å². The minimum absolute atomic E-state index is 0.107. The van der Waals surface area contributed by atoms with Gasteiger partial charge in [-0.2, -0.15) is 11.8 Å². The molecule has 1 aromatic carbocycles. The second kappa shape index (κ2) is 15.8. The summed E-state index contributed by atoms with van der Waals surface area (Å²) in [6.45, 7) is 3.58. The molecule has 0 aromatic heterocycles. The third-order valence-electron chi connectivity index (χ3n) is 5.69. The molecule has 0 saturated heterocycles. The number of amides is 4. The minimum atomic E-state index is -1.22. The van der Waals surface area contributed by atoms with Crippen LogP contribution in [0.3, 0.4) is 0 Å². The first-order chi connectivity index (χ1) is 17.0.